The highest BCUT2D eigenvalue weighted by Crippen LogP contribution is 2.23. The van der Waals surface area contributed by atoms with E-state index in [9.17, 15) is 13.3 Å². The van der Waals surface area contributed by atoms with Gasteiger partial charge in [0.2, 0.25) is 0 Å². The quantitative estimate of drug-likeness (QED) is 0.849. The Labute approximate surface area is 104 Å². The van der Waals surface area contributed by atoms with Crippen LogP contribution in [0.1, 0.15) is 39.3 Å². The van der Waals surface area contributed by atoms with Gasteiger partial charge in [0.25, 0.3) is 0 Å². The van der Waals surface area contributed by atoms with Gasteiger partial charge in [-0.15, -0.1) is 4.72 Å². The van der Waals surface area contributed by atoms with E-state index < -0.39 is 33.8 Å². The van der Waals surface area contributed by atoms with Crippen LogP contribution in [-0.4, -0.2) is 9.30 Å². The van der Waals surface area contributed by atoms with Crippen molar-refractivity contribution in [1.29, 1.82) is 0 Å². The monoisotopic (exact) mass is 261 g/mol. The fourth-order valence-corrected chi connectivity index (χ4v) is 2.11. The minimum Gasteiger partial charge on any atom is -0.598 e. The van der Waals surface area contributed by atoms with Crippen molar-refractivity contribution in [3.63, 3.8) is 0 Å². The number of nitrogens with one attached hydrogen (secondary N) is 1. The molecule has 0 fully saturated rings. The second-order valence-corrected chi connectivity index (χ2v) is 6.85. The third kappa shape index (κ3) is 3.66. The van der Waals surface area contributed by atoms with E-state index in [1.807, 2.05) is 0 Å². The molecule has 0 radical (unpaired) electrons. The van der Waals surface area contributed by atoms with E-state index in [-0.39, 0.29) is 5.56 Å². The predicted molar refractivity (Wildman–Crippen MR) is 65.8 cm³/mol. The summed E-state index contributed by atoms with van der Waals surface area (Å²) in [5.41, 5.74) is -0.0786. The molecule has 5 heteroatoms. The first kappa shape index (κ1) is 14.4. The Hall–Kier alpha value is -0.650. The van der Waals surface area contributed by atoms with Crippen molar-refractivity contribution in [1.82, 2.24) is 4.72 Å². The molecule has 96 valence electrons. The number of hydrogen-bond donors (Lipinski definition) is 1. The zero-order valence-electron chi connectivity index (χ0n) is 10.4. The molecule has 0 heterocycles. The first-order chi connectivity index (χ1) is 7.73. The molecule has 2 atom stereocenters. The number of hydrogen-bond acceptors (Lipinski definition) is 2. The lowest BCUT2D eigenvalue weighted by atomic mass is 10.1. The predicted octanol–water partition coefficient (Wildman–Crippen LogP) is 3.08. The average molecular weight is 261 g/mol. The minimum atomic E-state index is -1.37. The Bertz CT molecular complexity index is 372. The zero-order valence-corrected chi connectivity index (χ0v) is 11.2. The van der Waals surface area contributed by atoms with Crippen LogP contribution in [0.5, 0.6) is 0 Å². The van der Waals surface area contributed by atoms with Gasteiger partial charge in [-0.2, -0.15) is 0 Å². The first-order valence-electron chi connectivity index (χ1n) is 5.35. The third-order valence-electron chi connectivity index (χ3n) is 2.27. The van der Waals surface area contributed by atoms with Crippen LogP contribution in [-0.2, 0) is 11.4 Å². The maximum absolute atomic E-state index is 13.5. The average Bonchev–Trinajstić information content (AvgIpc) is 2.15. The standard InChI is InChI=1S/C12H17F2NOS/c1-8(15-17(16)12(2,3)4)11-9(13)6-5-7-10(11)14/h5-8,15H,1-4H3/t8-,17-/m0/s1. The Kier molecular flexibility index (Phi) is 4.52. The van der Waals surface area contributed by atoms with Crippen molar-refractivity contribution in [3.05, 3.63) is 35.4 Å². The van der Waals surface area contributed by atoms with Crippen molar-refractivity contribution < 1.29 is 13.3 Å². The summed E-state index contributed by atoms with van der Waals surface area (Å²) < 4.78 is 41.0. The van der Waals surface area contributed by atoms with E-state index in [4.69, 9.17) is 0 Å². The van der Waals surface area contributed by atoms with Gasteiger partial charge in [-0.25, -0.2) is 8.78 Å². The molecule has 0 saturated heterocycles. The smallest absolute Gasteiger partial charge is 0.136 e. The topological polar surface area (TPSA) is 35.1 Å². The van der Waals surface area contributed by atoms with Gasteiger partial charge in [0.05, 0.1) is 6.04 Å². The van der Waals surface area contributed by atoms with Crippen LogP contribution in [0, 0.1) is 11.6 Å². The van der Waals surface area contributed by atoms with Gasteiger partial charge < -0.3 is 4.55 Å². The molecule has 0 aliphatic heterocycles. The molecule has 0 amide bonds. The minimum absolute atomic E-state index is 0.0786. The highest BCUT2D eigenvalue weighted by Gasteiger charge is 2.29. The van der Waals surface area contributed by atoms with Crippen LogP contribution in [0.4, 0.5) is 8.78 Å². The molecule has 0 aliphatic carbocycles. The fraction of sp³-hybridized carbons (Fsp3) is 0.500. The van der Waals surface area contributed by atoms with Crippen LogP contribution in [0.2, 0.25) is 0 Å². The molecule has 17 heavy (non-hydrogen) atoms. The van der Waals surface area contributed by atoms with Gasteiger partial charge in [-0.05, 0) is 39.8 Å². The molecule has 0 bridgehead atoms. The van der Waals surface area contributed by atoms with Crippen molar-refractivity contribution in [3.8, 4) is 0 Å². The second kappa shape index (κ2) is 5.33. The lowest BCUT2D eigenvalue weighted by Crippen LogP contribution is -2.40. The molecule has 1 aromatic carbocycles. The van der Waals surface area contributed by atoms with Gasteiger partial charge in [0.1, 0.15) is 16.4 Å². The van der Waals surface area contributed by atoms with Gasteiger partial charge in [-0.1, -0.05) is 6.07 Å². The second-order valence-electron chi connectivity index (χ2n) is 4.86. The van der Waals surface area contributed by atoms with Crippen LogP contribution in [0.25, 0.3) is 0 Å². The summed E-state index contributed by atoms with van der Waals surface area (Å²) in [7, 11) is 0. The molecule has 0 unspecified atom stereocenters. The Balaban J connectivity index is 2.87. The third-order valence-corrected chi connectivity index (χ3v) is 3.95. The Morgan fingerprint density at radius 1 is 1.24 bits per heavy atom. The molecule has 0 aliphatic rings. The molecule has 1 N–H and O–H groups in total. The van der Waals surface area contributed by atoms with Crippen molar-refractivity contribution in [2.75, 3.05) is 0 Å². The van der Waals surface area contributed by atoms with Crippen LogP contribution in [0.3, 0.4) is 0 Å². The van der Waals surface area contributed by atoms with Gasteiger partial charge in [0.15, 0.2) is 0 Å². The molecular formula is C12H17F2NOS. The van der Waals surface area contributed by atoms with E-state index in [1.165, 1.54) is 18.2 Å². The summed E-state index contributed by atoms with van der Waals surface area (Å²) in [6.45, 7) is 6.97. The molecule has 0 spiro atoms. The fourth-order valence-electron chi connectivity index (χ4n) is 1.32. The summed E-state index contributed by atoms with van der Waals surface area (Å²) in [4.78, 5) is 0. The van der Waals surface area contributed by atoms with E-state index >= 15 is 0 Å². The van der Waals surface area contributed by atoms with E-state index in [1.54, 1.807) is 27.7 Å². The summed E-state index contributed by atoms with van der Waals surface area (Å²) in [5, 5.41) is 0. The van der Waals surface area contributed by atoms with Gasteiger partial charge in [-0.3, -0.25) is 0 Å². The van der Waals surface area contributed by atoms with E-state index in [0.717, 1.165) is 0 Å². The largest absolute Gasteiger partial charge is 0.598 e. The summed E-state index contributed by atoms with van der Waals surface area (Å²) in [6, 6.07) is 3.05. The molecule has 1 aromatic rings. The highest BCUT2D eigenvalue weighted by molar-refractivity contribution is 7.90. The number of rotatable bonds is 3. The summed E-state index contributed by atoms with van der Waals surface area (Å²) in [5.74, 6) is -1.26. The molecule has 1 rings (SSSR count). The van der Waals surface area contributed by atoms with E-state index in [2.05, 4.69) is 4.72 Å². The molecule has 0 saturated carbocycles. The van der Waals surface area contributed by atoms with Gasteiger partial charge >= 0.3 is 0 Å². The van der Waals surface area contributed by atoms with Crippen molar-refractivity contribution in [2.24, 2.45) is 0 Å². The molecular weight excluding hydrogens is 244 g/mol. The number of benzene rings is 1. The molecule has 2 nitrogen and oxygen atoms in total. The van der Waals surface area contributed by atoms with Crippen molar-refractivity contribution >= 4 is 11.4 Å². The Morgan fingerprint density at radius 3 is 2.12 bits per heavy atom. The number of halogens is 2. The Morgan fingerprint density at radius 2 is 1.71 bits per heavy atom. The van der Waals surface area contributed by atoms with Crippen molar-refractivity contribution in [2.45, 2.75) is 38.5 Å². The lowest BCUT2D eigenvalue weighted by molar-refractivity contribution is 0.501. The first-order valence-corrected chi connectivity index (χ1v) is 6.50. The van der Waals surface area contributed by atoms with Gasteiger partial charge in [0, 0.05) is 16.9 Å². The van der Waals surface area contributed by atoms with Crippen LogP contribution in [0.15, 0.2) is 18.2 Å². The SMILES string of the molecule is C[C@H](N[S@@+]([O-])C(C)(C)C)c1c(F)cccc1F. The van der Waals surface area contributed by atoms with Crippen LogP contribution >= 0.6 is 0 Å². The maximum Gasteiger partial charge on any atom is 0.136 e. The maximum atomic E-state index is 13.5. The lowest BCUT2D eigenvalue weighted by Gasteiger charge is -2.26. The van der Waals surface area contributed by atoms with Crippen LogP contribution < -0.4 is 4.72 Å². The zero-order chi connectivity index (χ0) is 13.2. The van der Waals surface area contributed by atoms with E-state index in [0.29, 0.717) is 0 Å². The summed E-state index contributed by atoms with van der Waals surface area (Å²) >= 11 is -1.37. The highest BCUT2D eigenvalue weighted by atomic mass is 32.2. The summed E-state index contributed by atoms with van der Waals surface area (Å²) in [6.07, 6.45) is 0. The molecule has 0 aromatic heterocycles. The normalized spacial score (nSPS) is 15.7.